The van der Waals surface area contributed by atoms with E-state index in [4.69, 9.17) is 0 Å². The molecule has 138 valence electrons. The maximum atomic E-state index is 13.6. The second-order valence-electron chi connectivity index (χ2n) is 6.64. The molecule has 3 nitrogen and oxygen atoms in total. The number of carbonyl (C=O) groups is 2. The highest BCUT2D eigenvalue weighted by Gasteiger charge is 2.40. The van der Waals surface area contributed by atoms with E-state index in [9.17, 15) is 14.0 Å². The van der Waals surface area contributed by atoms with Gasteiger partial charge in [-0.25, -0.2) is 4.39 Å². The summed E-state index contributed by atoms with van der Waals surface area (Å²) in [5.41, 5.74) is 2.83. The summed E-state index contributed by atoms with van der Waals surface area (Å²) >= 11 is 2.84. The van der Waals surface area contributed by atoms with Crippen LogP contribution in [0.2, 0.25) is 0 Å². The lowest BCUT2D eigenvalue weighted by Crippen LogP contribution is -2.28. The van der Waals surface area contributed by atoms with E-state index < -0.39 is 0 Å². The Kier molecular flexibility index (Phi) is 4.18. The summed E-state index contributed by atoms with van der Waals surface area (Å²) in [5, 5.41) is 1.60. The third-order valence-corrected chi connectivity index (χ3v) is 7.11. The van der Waals surface area contributed by atoms with Gasteiger partial charge in [-0.15, -0.1) is 11.3 Å². The van der Waals surface area contributed by atoms with Crippen molar-refractivity contribution in [1.29, 1.82) is 0 Å². The standard InChI is InChI=1S/C22H14FNO2S2/c23-14-5-3-4-13(10-14)11-18-20(25)17-8-9-27-19(17)12-24-21(26)15-6-1-2-7-16(15)22(24)28-18/h1-11,22H,12H2/b18-11-. The number of allylic oxidation sites excluding steroid dienone is 1. The van der Waals surface area contributed by atoms with Gasteiger partial charge >= 0.3 is 0 Å². The van der Waals surface area contributed by atoms with Gasteiger partial charge in [-0.2, -0.15) is 0 Å². The number of ketones is 1. The van der Waals surface area contributed by atoms with Crippen LogP contribution in [-0.2, 0) is 6.54 Å². The number of carbonyl (C=O) groups excluding carboxylic acids is 2. The molecular weight excluding hydrogens is 393 g/mol. The minimum atomic E-state index is -0.350. The minimum Gasteiger partial charge on any atom is -0.317 e. The zero-order valence-corrected chi connectivity index (χ0v) is 16.2. The van der Waals surface area contributed by atoms with Crippen LogP contribution in [0.3, 0.4) is 0 Å². The summed E-state index contributed by atoms with van der Waals surface area (Å²) in [5.74, 6) is -0.453. The zero-order valence-electron chi connectivity index (χ0n) is 14.6. The van der Waals surface area contributed by atoms with Crippen LogP contribution in [0, 0.1) is 5.82 Å². The van der Waals surface area contributed by atoms with E-state index in [1.54, 1.807) is 24.3 Å². The number of rotatable bonds is 1. The average molecular weight is 407 g/mol. The van der Waals surface area contributed by atoms with Crippen LogP contribution >= 0.6 is 23.1 Å². The molecule has 3 heterocycles. The average Bonchev–Trinajstić information content (AvgIpc) is 3.25. The van der Waals surface area contributed by atoms with Crippen molar-refractivity contribution in [3.63, 3.8) is 0 Å². The van der Waals surface area contributed by atoms with Crippen LogP contribution < -0.4 is 0 Å². The molecule has 5 rings (SSSR count). The van der Waals surface area contributed by atoms with Gasteiger partial charge < -0.3 is 4.90 Å². The first-order chi connectivity index (χ1) is 13.6. The molecule has 0 fully saturated rings. The Hall–Kier alpha value is -2.70. The van der Waals surface area contributed by atoms with Gasteiger partial charge in [-0.3, -0.25) is 9.59 Å². The van der Waals surface area contributed by atoms with E-state index >= 15 is 0 Å². The fourth-order valence-electron chi connectivity index (χ4n) is 3.59. The summed E-state index contributed by atoms with van der Waals surface area (Å²) in [7, 11) is 0. The summed E-state index contributed by atoms with van der Waals surface area (Å²) in [6.07, 6.45) is 1.71. The normalized spacial score (nSPS) is 19.8. The predicted molar refractivity (Wildman–Crippen MR) is 110 cm³/mol. The van der Waals surface area contributed by atoms with Crippen molar-refractivity contribution in [1.82, 2.24) is 4.90 Å². The van der Waals surface area contributed by atoms with Crippen LogP contribution in [-0.4, -0.2) is 16.6 Å². The maximum Gasteiger partial charge on any atom is 0.255 e. The molecule has 0 saturated heterocycles. The number of thiophene rings is 1. The first-order valence-electron chi connectivity index (χ1n) is 8.77. The van der Waals surface area contributed by atoms with Crippen LogP contribution in [0.15, 0.2) is 64.9 Å². The summed E-state index contributed by atoms with van der Waals surface area (Å²) in [6, 6.07) is 15.5. The molecular formula is C22H14FNO2S2. The number of amides is 1. The smallest absolute Gasteiger partial charge is 0.255 e. The van der Waals surface area contributed by atoms with Gasteiger partial charge in [-0.05, 0) is 46.8 Å². The quantitative estimate of drug-likeness (QED) is 0.499. The number of hydrogen-bond acceptors (Lipinski definition) is 4. The van der Waals surface area contributed by atoms with Gasteiger partial charge in [0.1, 0.15) is 11.2 Å². The highest BCUT2D eigenvalue weighted by molar-refractivity contribution is 8.04. The zero-order chi connectivity index (χ0) is 19.3. The molecule has 0 spiro atoms. The number of Topliss-reactive ketones (excluding diaryl/α,β-unsaturated/α-hetero) is 1. The fourth-order valence-corrected chi connectivity index (χ4v) is 5.75. The molecule has 1 aromatic heterocycles. The van der Waals surface area contributed by atoms with Crippen LogP contribution in [0.5, 0.6) is 0 Å². The summed E-state index contributed by atoms with van der Waals surface area (Å²) in [6.45, 7) is 0.414. The highest BCUT2D eigenvalue weighted by atomic mass is 32.2. The molecule has 3 aromatic rings. The van der Waals surface area contributed by atoms with Gasteiger partial charge in [0, 0.05) is 16.0 Å². The predicted octanol–water partition coefficient (Wildman–Crippen LogP) is 5.51. The third-order valence-electron chi connectivity index (χ3n) is 4.91. The Morgan fingerprint density at radius 2 is 1.89 bits per heavy atom. The first kappa shape index (κ1) is 17.4. The number of nitrogens with zero attached hydrogens (tertiary/aromatic N) is 1. The largest absolute Gasteiger partial charge is 0.317 e. The van der Waals surface area contributed by atoms with Crippen molar-refractivity contribution < 1.29 is 14.0 Å². The molecule has 1 unspecified atom stereocenters. The second kappa shape index (κ2) is 6.72. The van der Waals surface area contributed by atoms with E-state index in [2.05, 4.69) is 0 Å². The van der Waals surface area contributed by atoms with Crippen molar-refractivity contribution in [2.45, 2.75) is 11.9 Å². The van der Waals surface area contributed by atoms with Gasteiger partial charge in [0.2, 0.25) is 5.78 Å². The molecule has 0 N–H and O–H groups in total. The molecule has 2 aliphatic heterocycles. The molecule has 0 radical (unpaired) electrons. The van der Waals surface area contributed by atoms with Crippen molar-refractivity contribution >= 4 is 40.9 Å². The van der Waals surface area contributed by atoms with Gasteiger partial charge in [0.25, 0.3) is 5.91 Å². The number of benzene rings is 2. The molecule has 28 heavy (non-hydrogen) atoms. The Balaban J connectivity index is 1.67. The number of hydrogen-bond donors (Lipinski definition) is 0. The lowest BCUT2D eigenvalue weighted by atomic mass is 10.1. The molecule has 0 bridgehead atoms. The molecule has 2 aromatic carbocycles. The topological polar surface area (TPSA) is 37.4 Å². The second-order valence-corrected chi connectivity index (χ2v) is 8.76. The molecule has 1 atom stereocenters. The lowest BCUT2D eigenvalue weighted by molar-refractivity contribution is 0.0760. The van der Waals surface area contributed by atoms with Crippen LogP contribution in [0.4, 0.5) is 4.39 Å². The number of thioether (sulfide) groups is 1. The SMILES string of the molecule is O=C1/C(=C/c2cccc(F)c2)SC2c3ccccc3C(=O)N2Cc2sccc21. The molecule has 6 heteroatoms. The summed E-state index contributed by atoms with van der Waals surface area (Å²) in [4.78, 5) is 29.4. The molecule has 2 aliphatic rings. The van der Waals surface area contributed by atoms with E-state index in [0.717, 1.165) is 10.4 Å². The Morgan fingerprint density at radius 1 is 1.04 bits per heavy atom. The highest BCUT2D eigenvalue weighted by Crippen LogP contribution is 2.48. The molecule has 0 saturated carbocycles. The number of fused-ring (bicyclic) bond motifs is 4. The third kappa shape index (κ3) is 2.80. The van der Waals surface area contributed by atoms with Crippen molar-refractivity contribution in [2.24, 2.45) is 0 Å². The van der Waals surface area contributed by atoms with E-state index in [-0.39, 0.29) is 22.9 Å². The monoisotopic (exact) mass is 407 g/mol. The Morgan fingerprint density at radius 3 is 2.75 bits per heavy atom. The lowest BCUT2D eigenvalue weighted by Gasteiger charge is -2.27. The molecule has 1 amide bonds. The summed E-state index contributed by atoms with van der Waals surface area (Å²) < 4.78 is 13.6. The maximum absolute atomic E-state index is 13.6. The minimum absolute atomic E-state index is 0.0214. The van der Waals surface area contributed by atoms with Crippen molar-refractivity contribution in [3.05, 3.63) is 97.8 Å². The first-order valence-corrected chi connectivity index (χ1v) is 10.5. The van der Waals surface area contributed by atoms with Crippen LogP contribution in [0.25, 0.3) is 6.08 Å². The van der Waals surface area contributed by atoms with Gasteiger partial charge in [0.15, 0.2) is 0 Å². The van der Waals surface area contributed by atoms with Crippen molar-refractivity contribution in [2.75, 3.05) is 0 Å². The Labute approximate surface area is 169 Å². The van der Waals surface area contributed by atoms with E-state index in [0.29, 0.717) is 28.1 Å². The van der Waals surface area contributed by atoms with Crippen molar-refractivity contribution in [3.8, 4) is 0 Å². The number of halogens is 1. The van der Waals surface area contributed by atoms with E-state index in [1.165, 1.54) is 35.2 Å². The van der Waals surface area contributed by atoms with E-state index in [1.807, 2.05) is 34.5 Å². The Bertz CT molecular complexity index is 1150. The van der Waals surface area contributed by atoms with Crippen LogP contribution in [0.1, 0.15) is 42.1 Å². The molecule has 0 aliphatic carbocycles. The van der Waals surface area contributed by atoms with Gasteiger partial charge in [0.05, 0.1) is 11.4 Å². The van der Waals surface area contributed by atoms with Gasteiger partial charge in [-0.1, -0.05) is 42.1 Å². The fraction of sp³-hybridized carbons (Fsp3) is 0.0909.